The second-order valence-corrected chi connectivity index (χ2v) is 5.25. The van der Waals surface area contributed by atoms with Crippen molar-refractivity contribution in [1.29, 1.82) is 0 Å². The Morgan fingerprint density at radius 1 is 1.26 bits per heavy atom. The van der Waals surface area contributed by atoms with Gasteiger partial charge in [-0.1, -0.05) is 48.5 Å². The minimum atomic E-state index is 0.803. The number of rotatable bonds is 7. The van der Waals surface area contributed by atoms with Crippen molar-refractivity contribution in [2.75, 3.05) is 13.1 Å². The summed E-state index contributed by atoms with van der Waals surface area (Å²) in [5.41, 5.74) is 2.57. The molecule has 0 radical (unpaired) electrons. The molecule has 1 N–H and O–H groups in total. The minimum Gasteiger partial charge on any atom is -0.315 e. The van der Waals surface area contributed by atoms with Gasteiger partial charge in [0.2, 0.25) is 5.16 Å². The Morgan fingerprint density at radius 3 is 2.79 bits per heavy atom. The molecular weight excluding hydrogens is 258 g/mol. The molecule has 0 aliphatic rings. The fraction of sp³-hybridized carbons (Fsp3) is 0.462. The van der Waals surface area contributed by atoms with Crippen LogP contribution in [0.3, 0.4) is 0 Å². The van der Waals surface area contributed by atoms with Gasteiger partial charge in [0, 0.05) is 12.3 Å². The highest BCUT2D eigenvalue weighted by Gasteiger charge is 2.06. The van der Waals surface area contributed by atoms with Gasteiger partial charge in [-0.2, -0.15) is 0 Å². The number of nitrogens with one attached hydrogen (secondary N) is 1. The zero-order valence-electron chi connectivity index (χ0n) is 11.3. The topological polar surface area (TPSA) is 55.6 Å². The largest absolute Gasteiger partial charge is 0.315 e. The predicted molar refractivity (Wildman–Crippen MR) is 77.1 cm³/mol. The van der Waals surface area contributed by atoms with Gasteiger partial charge in [0.05, 0.1) is 6.54 Å². The van der Waals surface area contributed by atoms with Gasteiger partial charge in [0.1, 0.15) is 0 Å². The monoisotopic (exact) mass is 277 g/mol. The highest BCUT2D eigenvalue weighted by Crippen LogP contribution is 2.19. The Labute approximate surface area is 117 Å². The Balaban J connectivity index is 1.88. The van der Waals surface area contributed by atoms with E-state index in [2.05, 4.69) is 59.0 Å². The first-order valence-electron chi connectivity index (χ1n) is 6.45. The molecule has 2 aromatic rings. The van der Waals surface area contributed by atoms with Crippen molar-refractivity contribution in [1.82, 2.24) is 25.5 Å². The zero-order chi connectivity index (χ0) is 13.5. The zero-order valence-corrected chi connectivity index (χ0v) is 12.2. The van der Waals surface area contributed by atoms with Crippen LogP contribution in [0.25, 0.3) is 0 Å². The van der Waals surface area contributed by atoms with Gasteiger partial charge in [-0.25, -0.2) is 4.68 Å². The predicted octanol–water partition coefficient (Wildman–Crippen LogP) is 1.88. The van der Waals surface area contributed by atoms with Crippen LogP contribution in [0.4, 0.5) is 0 Å². The second kappa shape index (κ2) is 7.25. The van der Waals surface area contributed by atoms with E-state index in [0.29, 0.717) is 0 Å². The lowest BCUT2D eigenvalue weighted by Gasteiger charge is -2.05. The third-order valence-corrected chi connectivity index (χ3v) is 3.77. The average molecular weight is 277 g/mol. The van der Waals surface area contributed by atoms with Gasteiger partial charge in [0.25, 0.3) is 0 Å². The molecule has 2 rings (SSSR count). The summed E-state index contributed by atoms with van der Waals surface area (Å²) < 4.78 is 1.85. The van der Waals surface area contributed by atoms with Gasteiger partial charge in [-0.15, -0.1) is 5.10 Å². The highest BCUT2D eigenvalue weighted by atomic mass is 32.2. The van der Waals surface area contributed by atoms with Crippen molar-refractivity contribution in [3.8, 4) is 0 Å². The number of benzene rings is 1. The van der Waals surface area contributed by atoms with Crippen molar-refractivity contribution in [2.45, 2.75) is 31.3 Å². The summed E-state index contributed by atoms with van der Waals surface area (Å²) in [6, 6.07) is 8.55. The Kier molecular flexibility index (Phi) is 5.35. The summed E-state index contributed by atoms with van der Waals surface area (Å²) >= 11 is 1.67. The molecule has 1 aromatic heterocycles. The molecule has 0 unspecified atom stereocenters. The van der Waals surface area contributed by atoms with Crippen molar-refractivity contribution in [3.63, 3.8) is 0 Å². The molecule has 6 heteroatoms. The van der Waals surface area contributed by atoms with Crippen LogP contribution in [0, 0.1) is 6.92 Å². The van der Waals surface area contributed by atoms with Gasteiger partial charge in [-0.05, 0) is 29.5 Å². The molecule has 0 amide bonds. The van der Waals surface area contributed by atoms with E-state index < -0.39 is 0 Å². The standard InChI is InChI=1S/C13H19N5S/c1-3-14-8-9-18-13(15-16-17-18)19-10-12-6-4-11(2)5-7-12/h4-7,14H,3,8-10H2,1-2H3. The van der Waals surface area contributed by atoms with Gasteiger partial charge in [-0.3, -0.25) is 0 Å². The normalized spacial score (nSPS) is 10.8. The van der Waals surface area contributed by atoms with Gasteiger partial charge < -0.3 is 5.32 Å². The lowest BCUT2D eigenvalue weighted by molar-refractivity contribution is 0.517. The third kappa shape index (κ3) is 4.33. The van der Waals surface area contributed by atoms with Crippen molar-refractivity contribution >= 4 is 11.8 Å². The average Bonchev–Trinajstić information content (AvgIpc) is 2.86. The number of aromatic nitrogens is 4. The molecular formula is C13H19N5S. The molecule has 0 aliphatic carbocycles. The van der Waals surface area contributed by atoms with E-state index in [0.717, 1.165) is 30.5 Å². The van der Waals surface area contributed by atoms with Crippen LogP contribution in [-0.4, -0.2) is 33.3 Å². The van der Waals surface area contributed by atoms with E-state index in [1.807, 2.05) is 4.68 Å². The van der Waals surface area contributed by atoms with Crippen LogP contribution in [0.15, 0.2) is 29.4 Å². The molecule has 0 bridgehead atoms. The van der Waals surface area contributed by atoms with Crippen LogP contribution in [0.5, 0.6) is 0 Å². The van der Waals surface area contributed by atoms with Crippen LogP contribution in [0.1, 0.15) is 18.1 Å². The molecule has 19 heavy (non-hydrogen) atoms. The number of likely N-dealkylation sites (N-methyl/N-ethyl adjacent to an activating group) is 1. The second-order valence-electron chi connectivity index (χ2n) is 4.31. The highest BCUT2D eigenvalue weighted by molar-refractivity contribution is 7.98. The van der Waals surface area contributed by atoms with E-state index >= 15 is 0 Å². The fourth-order valence-electron chi connectivity index (χ4n) is 1.63. The van der Waals surface area contributed by atoms with Crippen molar-refractivity contribution in [2.24, 2.45) is 0 Å². The smallest absolute Gasteiger partial charge is 0.209 e. The van der Waals surface area contributed by atoms with Crippen LogP contribution in [0.2, 0.25) is 0 Å². The Hall–Kier alpha value is -1.40. The first kappa shape index (κ1) is 14.0. The first-order chi connectivity index (χ1) is 9.29. The van der Waals surface area contributed by atoms with Gasteiger partial charge in [0.15, 0.2) is 0 Å². The Bertz CT molecular complexity index is 494. The number of hydrogen-bond acceptors (Lipinski definition) is 5. The van der Waals surface area contributed by atoms with E-state index in [-0.39, 0.29) is 0 Å². The van der Waals surface area contributed by atoms with Crippen molar-refractivity contribution in [3.05, 3.63) is 35.4 Å². The maximum atomic E-state index is 4.06. The number of nitrogens with zero attached hydrogens (tertiary/aromatic N) is 4. The quantitative estimate of drug-likeness (QED) is 0.618. The molecule has 1 heterocycles. The summed E-state index contributed by atoms with van der Waals surface area (Å²) in [4.78, 5) is 0. The molecule has 0 fully saturated rings. The lowest BCUT2D eigenvalue weighted by atomic mass is 10.2. The maximum Gasteiger partial charge on any atom is 0.209 e. The van der Waals surface area contributed by atoms with Gasteiger partial charge >= 0.3 is 0 Å². The molecule has 0 saturated carbocycles. The number of hydrogen-bond donors (Lipinski definition) is 1. The number of tetrazole rings is 1. The molecule has 1 aromatic carbocycles. The Morgan fingerprint density at radius 2 is 2.05 bits per heavy atom. The van der Waals surface area contributed by atoms with E-state index in [4.69, 9.17) is 0 Å². The molecule has 0 atom stereocenters. The number of aryl methyl sites for hydroxylation is 1. The summed E-state index contributed by atoms with van der Waals surface area (Å²) in [5.74, 6) is 0.891. The molecule has 102 valence electrons. The lowest BCUT2D eigenvalue weighted by Crippen LogP contribution is -2.20. The van der Waals surface area contributed by atoms with Crippen LogP contribution in [-0.2, 0) is 12.3 Å². The van der Waals surface area contributed by atoms with E-state index in [9.17, 15) is 0 Å². The summed E-state index contributed by atoms with van der Waals surface area (Å²) in [7, 11) is 0. The maximum absolute atomic E-state index is 4.06. The fourth-order valence-corrected chi connectivity index (χ4v) is 2.49. The third-order valence-electron chi connectivity index (χ3n) is 2.74. The van der Waals surface area contributed by atoms with E-state index in [1.165, 1.54) is 11.1 Å². The molecule has 0 spiro atoms. The van der Waals surface area contributed by atoms with Crippen LogP contribution >= 0.6 is 11.8 Å². The number of thioether (sulfide) groups is 1. The SMILES string of the molecule is CCNCCn1nnnc1SCc1ccc(C)cc1. The summed E-state index contributed by atoms with van der Waals surface area (Å²) in [5, 5.41) is 16.0. The first-order valence-corrected chi connectivity index (χ1v) is 7.43. The summed E-state index contributed by atoms with van der Waals surface area (Å²) in [6.07, 6.45) is 0. The summed E-state index contributed by atoms with van der Waals surface area (Å²) in [6.45, 7) is 6.84. The van der Waals surface area contributed by atoms with Crippen molar-refractivity contribution < 1.29 is 0 Å². The molecule has 0 saturated heterocycles. The minimum absolute atomic E-state index is 0.803. The van der Waals surface area contributed by atoms with E-state index in [1.54, 1.807) is 11.8 Å². The molecule has 0 aliphatic heterocycles. The molecule has 5 nitrogen and oxygen atoms in total. The van der Waals surface area contributed by atoms with Crippen LogP contribution < -0.4 is 5.32 Å².